The highest BCUT2D eigenvalue weighted by atomic mass is 16.6. The molecule has 2 aliphatic heterocycles. The molecule has 2 aliphatic rings. The van der Waals surface area contributed by atoms with Crippen molar-refractivity contribution in [3.63, 3.8) is 0 Å². The predicted molar refractivity (Wildman–Crippen MR) is 70.6 cm³/mol. The van der Waals surface area contributed by atoms with E-state index >= 15 is 0 Å². The lowest BCUT2D eigenvalue weighted by Gasteiger charge is -2.16. The molecule has 0 spiro atoms. The van der Waals surface area contributed by atoms with Crippen LogP contribution >= 0.6 is 0 Å². The maximum absolute atomic E-state index is 12.1. The molecule has 3 atom stereocenters. The average Bonchev–Trinajstić information content (AvgIpc) is 2.86. The molecule has 2 heterocycles. The lowest BCUT2D eigenvalue weighted by Crippen LogP contribution is -2.21. The second kappa shape index (κ2) is 5.61. The van der Waals surface area contributed by atoms with Crippen LogP contribution in [0.1, 0.15) is 26.2 Å². The molecule has 5 heteroatoms. The van der Waals surface area contributed by atoms with Gasteiger partial charge in [-0.05, 0) is 6.42 Å². The van der Waals surface area contributed by atoms with E-state index in [1.165, 1.54) is 0 Å². The summed E-state index contributed by atoms with van der Waals surface area (Å²) in [4.78, 5) is 34.5. The lowest BCUT2D eigenvalue weighted by atomic mass is 9.89. The number of hydrogen-bond acceptors (Lipinski definition) is 5. The van der Waals surface area contributed by atoms with Gasteiger partial charge in [-0.1, -0.05) is 20.1 Å². The average molecular weight is 278 g/mol. The van der Waals surface area contributed by atoms with Crippen LogP contribution in [-0.4, -0.2) is 30.4 Å². The Labute approximate surface area is 117 Å². The highest BCUT2D eigenvalue weighted by molar-refractivity contribution is 5.92. The second-order valence-electron chi connectivity index (χ2n) is 5.46. The van der Waals surface area contributed by atoms with E-state index in [1.807, 2.05) is 0 Å². The molecule has 108 valence electrons. The highest BCUT2D eigenvalue weighted by Gasteiger charge is 2.34. The van der Waals surface area contributed by atoms with E-state index in [0.29, 0.717) is 24.0 Å². The fourth-order valence-corrected chi connectivity index (χ4v) is 2.45. The maximum atomic E-state index is 12.1. The molecule has 2 saturated heterocycles. The number of ether oxygens (including phenoxy) is 2. The van der Waals surface area contributed by atoms with Crippen LogP contribution in [0.2, 0.25) is 0 Å². The molecule has 0 amide bonds. The van der Waals surface area contributed by atoms with Crippen LogP contribution in [-0.2, 0) is 23.9 Å². The van der Waals surface area contributed by atoms with Gasteiger partial charge in [0.25, 0.3) is 0 Å². The van der Waals surface area contributed by atoms with Gasteiger partial charge < -0.3 is 9.47 Å². The largest absolute Gasteiger partial charge is 0.462 e. The van der Waals surface area contributed by atoms with E-state index in [4.69, 9.17) is 9.47 Å². The summed E-state index contributed by atoms with van der Waals surface area (Å²) in [7, 11) is 0. The van der Waals surface area contributed by atoms with Crippen molar-refractivity contribution >= 4 is 17.7 Å². The zero-order valence-electron chi connectivity index (χ0n) is 11.5. The molecule has 0 saturated carbocycles. The van der Waals surface area contributed by atoms with Crippen molar-refractivity contribution in [1.29, 1.82) is 0 Å². The normalized spacial score (nSPS) is 27.4. The Balaban J connectivity index is 1.84. The first-order valence-corrected chi connectivity index (χ1v) is 6.66. The SMILES string of the molecule is C=C1CC(CC(C)C(=O)CC2COC(=O)C2=C)OC1=O. The Morgan fingerprint density at radius 2 is 2.05 bits per heavy atom. The topological polar surface area (TPSA) is 69.7 Å². The van der Waals surface area contributed by atoms with Gasteiger partial charge in [0, 0.05) is 35.8 Å². The number of carbonyl (C=O) groups excluding carboxylic acids is 3. The molecule has 0 aliphatic carbocycles. The molecule has 20 heavy (non-hydrogen) atoms. The van der Waals surface area contributed by atoms with Crippen molar-refractivity contribution < 1.29 is 23.9 Å². The van der Waals surface area contributed by atoms with Crippen molar-refractivity contribution in [1.82, 2.24) is 0 Å². The standard InChI is InChI=1S/C15H18O5/c1-8(4-12-5-9(2)14(17)20-12)13(16)6-11-7-19-15(18)10(11)3/h8,11-12H,2-7H2,1H3. The number of cyclic esters (lactones) is 2. The fraction of sp³-hybridized carbons (Fsp3) is 0.533. The predicted octanol–water partition coefficient (Wildman–Crippen LogP) is 1.57. The zero-order valence-corrected chi connectivity index (χ0v) is 11.5. The molecule has 0 N–H and O–H groups in total. The van der Waals surface area contributed by atoms with Crippen LogP contribution in [0.25, 0.3) is 0 Å². The van der Waals surface area contributed by atoms with E-state index in [0.717, 1.165) is 0 Å². The monoisotopic (exact) mass is 278 g/mol. The Hall–Kier alpha value is -1.91. The third kappa shape index (κ3) is 2.98. The third-order valence-electron chi connectivity index (χ3n) is 3.82. The van der Waals surface area contributed by atoms with Gasteiger partial charge >= 0.3 is 11.9 Å². The van der Waals surface area contributed by atoms with E-state index in [2.05, 4.69) is 13.2 Å². The molecule has 0 bridgehead atoms. The summed E-state index contributed by atoms with van der Waals surface area (Å²) in [6.07, 6.45) is 0.942. The Morgan fingerprint density at radius 3 is 2.55 bits per heavy atom. The first-order chi connectivity index (χ1) is 9.38. The molecular formula is C15H18O5. The molecule has 2 rings (SSSR count). The van der Waals surface area contributed by atoms with Gasteiger partial charge in [0.15, 0.2) is 0 Å². The number of carbonyl (C=O) groups is 3. The van der Waals surface area contributed by atoms with Crippen LogP contribution in [0.3, 0.4) is 0 Å². The molecule has 0 radical (unpaired) electrons. The quantitative estimate of drug-likeness (QED) is 0.564. The van der Waals surface area contributed by atoms with Crippen LogP contribution in [0.15, 0.2) is 24.3 Å². The van der Waals surface area contributed by atoms with Gasteiger partial charge in [0.2, 0.25) is 0 Å². The van der Waals surface area contributed by atoms with Crippen molar-refractivity contribution in [3.8, 4) is 0 Å². The van der Waals surface area contributed by atoms with E-state index in [9.17, 15) is 14.4 Å². The molecule has 0 aromatic heterocycles. The summed E-state index contributed by atoms with van der Waals surface area (Å²) in [5, 5.41) is 0. The van der Waals surface area contributed by atoms with E-state index in [1.54, 1.807) is 6.92 Å². The Kier molecular flexibility index (Phi) is 4.06. The van der Waals surface area contributed by atoms with Crippen molar-refractivity contribution in [2.45, 2.75) is 32.3 Å². The minimum Gasteiger partial charge on any atom is -0.462 e. The van der Waals surface area contributed by atoms with E-state index < -0.39 is 5.97 Å². The Morgan fingerprint density at radius 1 is 1.35 bits per heavy atom. The number of Topliss-reactive ketones (excluding diaryl/α,β-unsaturated/α-hetero) is 1. The number of ketones is 1. The molecule has 0 aromatic rings. The molecule has 5 nitrogen and oxygen atoms in total. The van der Waals surface area contributed by atoms with Gasteiger partial charge in [0.05, 0.1) is 6.61 Å². The van der Waals surface area contributed by atoms with Crippen LogP contribution < -0.4 is 0 Å². The molecule has 0 aromatic carbocycles. The van der Waals surface area contributed by atoms with Crippen molar-refractivity contribution in [3.05, 3.63) is 24.3 Å². The zero-order chi connectivity index (χ0) is 14.9. The molecular weight excluding hydrogens is 260 g/mol. The number of esters is 2. The van der Waals surface area contributed by atoms with Gasteiger partial charge in [-0.3, -0.25) is 4.79 Å². The first kappa shape index (κ1) is 14.5. The summed E-state index contributed by atoms with van der Waals surface area (Å²) in [5.41, 5.74) is 0.823. The summed E-state index contributed by atoms with van der Waals surface area (Å²) in [6.45, 7) is 9.29. The van der Waals surface area contributed by atoms with Gasteiger partial charge in [-0.15, -0.1) is 0 Å². The summed E-state index contributed by atoms with van der Waals surface area (Å²) >= 11 is 0. The molecule has 3 unspecified atom stereocenters. The maximum Gasteiger partial charge on any atom is 0.333 e. The fourth-order valence-electron chi connectivity index (χ4n) is 2.45. The smallest absolute Gasteiger partial charge is 0.333 e. The third-order valence-corrected chi connectivity index (χ3v) is 3.82. The Bertz CT molecular complexity index is 474. The summed E-state index contributed by atoms with van der Waals surface area (Å²) in [6, 6.07) is 0. The van der Waals surface area contributed by atoms with Gasteiger partial charge in [0.1, 0.15) is 11.9 Å². The summed E-state index contributed by atoms with van der Waals surface area (Å²) in [5.74, 6) is -1.22. The van der Waals surface area contributed by atoms with Crippen LogP contribution in [0.4, 0.5) is 0 Å². The first-order valence-electron chi connectivity index (χ1n) is 6.66. The van der Waals surface area contributed by atoms with E-state index in [-0.39, 0.29) is 42.7 Å². The summed E-state index contributed by atoms with van der Waals surface area (Å²) < 4.78 is 9.96. The van der Waals surface area contributed by atoms with Crippen LogP contribution in [0.5, 0.6) is 0 Å². The molecule has 2 fully saturated rings. The lowest BCUT2D eigenvalue weighted by molar-refractivity contribution is -0.140. The van der Waals surface area contributed by atoms with Gasteiger partial charge in [-0.25, -0.2) is 9.59 Å². The second-order valence-corrected chi connectivity index (χ2v) is 5.46. The highest BCUT2D eigenvalue weighted by Crippen LogP contribution is 2.28. The number of rotatable bonds is 5. The van der Waals surface area contributed by atoms with Gasteiger partial charge in [-0.2, -0.15) is 0 Å². The minimum absolute atomic E-state index is 0.0306. The van der Waals surface area contributed by atoms with Crippen LogP contribution in [0, 0.1) is 11.8 Å². The number of hydrogen-bond donors (Lipinski definition) is 0. The van der Waals surface area contributed by atoms with Crippen molar-refractivity contribution in [2.24, 2.45) is 11.8 Å². The van der Waals surface area contributed by atoms with Crippen molar-refractivity contribution in [2.75, 3.05) is 6.61 Å². The minimum atomic E-state index is -0.420.